The van der Waals surface area contributed by atoms with E-state index in [-0.39, 0.29) is 34.0 Å². The van der Waals surface area contributed by atoms with Crippen molar-refractivity contribution in [2.75, 3.05) is 64.0 Å². The summed E-state index contributed by atoms with van der Waals surface area (Å²) in [6, 6.07) is 0. The van der Waals surface area contributed by atoms with Gasteiger partial charge in [0.15, 0.2) is 0 Å². The minimum absolute atomic E-state index is 0. The van der Waals surface area contributed by atoms with Gasteiger partial charge in [0, 0.05) is 10.7 Å². The Labute approximate surface area is 415 Å². The Balaban J connectivity index is -0.00000126. The molecule has 2 rings (SSSR count). The first-order chi connectivity index (χ1) is 28.8. The van der Waals surface area contributed by atoms with Gasteiger partial charge in [-0.25, -0.2) is 0 Å². The molecule has 0 N–H and O–H groups in total. The van der Waals surface area contributed by atoms with E-state index >= 15 is 0 Å². The Morgan fingerprint density at radius 3 is 0.836 bits per heavy atom. The highest BCUT2D eigenvalue weighted by Gasteiger charge is 2.31. The van der Waals surface area contributed by atoms with Crippen LogP contribution in [0.1, 0.15) is 148 Å². The first-order valence-electron chi connectivity index (χ1n) is 22.4. The molecule has 2 aliphatic heterocycles. The second-order valence-electron chi connectivity index (χ2n) is 16.5. The number of halogens is 4. The van der Waals surface area contributed by atoms with Crippen LogP contribution in [-0.4, -0.2) is 73.0 Å². The molecule has 2 heterocycles. The maximum atomic E-state index is 4.81. The zero-order chi connectivity index (χ0) is 43.4. The van der Waals surface area contributed by atoms with Gasteiger partial charge in [-0.1, -0.05) is 115 Å². The number of quaternary nitrogens is 2. The monoisotopic (exact) mass is 1080 g/mol. The standard InChI is InChI=1S/C35H70Br2N2.2C10H2.2BrH/c1-38(28-17-13-9-5-3-7-11-15-26-36)30-22-34(23-31-38)20-19-21-35-24-32-39(2,33-25-35)29-18-14-10-6-4-8-12-16-27-37;2*1-3-5-7-9-10-8-6-4-2;;/h34-35H,3-33H2,1-2H3;2*1-2H;2*1H/q+2;;;;/p-2. The second kappa shape index (κ2) is 46.9. The molecular weight excluding hydrogens is 1010 g/mol. The van der Waals surface area contributed by atoms with Crippen molar-refractivity contribution in [2.24, 2.45) is 11.8 Å². The normalized spacial score (nSPS) is 18.8. The predicted octanol–water partition coefficient (Wildman–Crippen LogP) is 5.44. The third-order valence-corrected chi connectivity index (χ3v) is 12.7. The van der Waals surface area contributed by atoms with Crippen molar-refractivity contribution in [3.05, 3.63) is 0 Å². The maximum Gasteiger partial charge on any atom is 0.0787 e. The van der Waals surface area contributed by atoms with Crippen molar-refractivity contribution in [1.82, 2.24) is 0 Å². The van der Waals surface area contributed by atoms with E-state index in [1.165, 1.54) is 207 Å². The summed E-state index contributed by atoms with van der Waals surface area (Å²) in [6.45, 7) is 8.68. The van der Waals surface area contributed by atoms with E-state index in [2.05, 4.69) is 141 Å². The topological polar surface area (TPSA) is 0 Å². The number of hydrogen-bond acceptors (Lipinski definition) is 0. The lowest BCUT2D eigenvalue weighted by Crippen LogP contribution is -3.00. The average molecular weight is 1080 g/mol. The van der Waals surface area contributed by atoms with Crippen molar-refractivity contribution < 1.29 is 42.9 Å². The van der Waals surface area contributed by atoms with E-state index in [0.29, 0.717) is 0 Å². The summed E-state index contributed by atoms with van der Waals surface area (Å²) < 4.78 is 2.75. The zero-order valence-electron chi connectivity index (χ0n) is 37.8. The molecule has 2 saturated heterocycles. The summed E-state index contributed by atoms with van der Waals surface area (Å²) >= 11 is 7.09. The van der Waals surface area contributed by atoms with E-state index in [1.54, 1.807) is 0 Å². The molecule has 0 atom stereocenters. The van der Waals surface area contributed by atoms with Crippen LogP contribution in [0.2, 0.25) is 0 Å². The molecule has 61 heavy (non-hydrogen) atoms. The molecule has 0 unspecified atom stereocenters. The summed E-state index contributed by atoms with van der Waals surface area (Å²) in [6.07, 6.45) is 52.8. The molecule has 0 aromatic carbocycles. The van der Waals surface area contributed by atoms with Gasteiger partial charge in [-0.3, -0.25) is 0 Å². The maximum absolute atomic E-state index is 4.81. The van der Waals surface area contributed by atoms with Crippen LogP contribution in [0.3, 0.4) is 0 Å². The zero-order valence-corrected chi connectivity index (χ0v) is 44.1. The van der Waals surface area contributed by atoms with Crippen molar-refractivity contribution in [1.29, 1.82) is 0 Å². The van der Waals surface area contributed by atoms with Crippen LogP contribution < -0.4 is 34.0 Å². The third-order valence-electron chi connectivity index (χ3n) is 11.6. The highest BCUT2D eigenvalue weighted by molar-refractivity contribution is 9.09. The van der Waals surface area contributed by atoms with Gasteiger partial charge in [0.2, 0.25) is 0 Å². The Morgan fingerprint density at radius 2 is 0.590 bits per heavy atom. The Hall–Kier alpha value is -2.56. The Kier molecular flexibility index (Phi) is 48.3. The van der Waals surface area contributed by atoms with E-state index in [0.717, 1.165) is 11.8 Å². The molecule has 0 aliphatic carbocycles. The largest absolute Gasteiger partial charge is 1.00 e. The molecule has 2 fully saturated rings. The summed E-state index contributed by atoms with van der Waals surface area (Å²) in [7, 11) is 5.11. The molecule has 2 nitrogen and oxygen atoms in total. The fraction of sp³-hybridized carbons (Fsp3) is 0.636. The quantitative estimate of drug-likeness (QED) is 0.0524. The van der Waals surface area contributed by atoms with Crippen molar-refractivity contribution in [3.8, 4) is 120 Å². The molecule has 2 aliphatic rings. The van der Waals surface area contributed by atoms with E-state index in [9.17, 15) is 0 Å². The number of rotatable bonds is 24. The average Bonchev–Trinajstić information content (AvgIpc) is 3.24. The number of hydrogen-bond donors (Lipinski definition) is 0. The van der Waals surface area contributed by atoms with Gasteiger partial charge in [0.25, 0.3) is 0 Å². The van der Waals surface area contributed by atoms with Crippen LogP contribution in [0.5, 0.6) is 0 Å². The third kappa shape index (κ3) is 41.2. The summed E-state index contributed by atoms with van der Waals surface area (Å²) in [5.41, 5.74) is 0. The number of alkyl halides is 2. The van der Waals surface area contributed by atoms with Crippen LogP contribution in [0, 0.1) is 132 Å². The van der Waals surface area contributed by atoms with Gasteiger partial charge in [-0.05, 0) is 171 Å². The first-order valence-corrected chi connectivity index (χ1v) is 24.7. The molecule has 0 bridgehead atoms. The molecule has 0 saturated carbocycles. The Bertz CT molecular complexity index is 1470. The fourth-order valence-electron chi connectivity index (χ4n) is 7.90. The van der Waals surface area contributed by atoms with Crippen LogP contribution in [0.4, 0.5) is 0 Å². The van der Waals surface area contributed by atoms with Gasteiger partial charge in [-0.2, -0.15) is 0 Å². The molecule has 0 radical (unpaired) electrons. The SMILES string of the molecule is C#CC#CC#CC#CC#C.C#CC#CC#CC#CC#C.C[N+]1(CCCCCCCCCCBr)CCC(CCCC2CC[N+](C)(CCCCCCCCCCBr)CC2)CC1.[Br-].[Br-]. The number of nitrogens with zero attached hydrogens (tertiary/aromatic N) is 2. The molecule has 0 amide bonds. The highest BCUT2D eigenvalue weighted by Crippen LogP contribution is 2.31. The van der Waals surface area contributed by atoms with Crippen molar-refractivity contribution in [2.45, 2.75) is 148 Å². The summed E-state index contributed by atoms with van der Waals surface area (Å²) in [5, 5.41) is 2.37. The number of unbranched alkanes of at least 4 members (excludes halogenated alkanes) is 14. The lowest BCUT2D eigenvalue weighted by atomic mass is 9.86. The van der Waals surface area contributed by atoms with Crippen LogP contribution in [0.15, 0.2) is 0 Å². The van der Waals surface area contributed by atoms with Crippen LogP contribution >= 0.6 is 31.9 Å². The number of terminal acetylenes is 4. The van der Waals surface area contributed by atoms with E-state index < -0.39 is 0 Å². The van der Waals surface area contributed by atoms with Crippen LogP contribution in [0.25, 0.3) is 0 Å². The highest BCUT2D eigenvalue weighted by atomic mass is 79.9. The van der Waals surface area contributed by atoms with Gasteiger partial charge in [0.1, 0.15) is 0 Å². The van der Waals surface area contributed by atoms with Crippen molar-refractivity contribution >= 4 is 31.9 Å². The first kappa shape index (κ1) is 62.7. The van der Waals surface area contributed by atoms with E-state index in [1.807, 2.05) is 0 Å². The Morgan fingerprint density at radius 1 is 0.361 bits per heavy atom. The molecule has 0 aromatic rings. The van der Waals surface area contributed by atoms with Gasteiger partial charge in [0.05, 0.1) is 53.4 Å². The number of piperidine rings is 2. The smallest absolute Gasteiger partial charge is 0.0787 e. The number of likely N-dealkylation sites (tertiary alicyclic amines) is 2. The van der Waals surface area contributed by atoms with Gasteiger partial charge >= 0.3 is 0 Å². The summed E-state index contributed by atoms with van der Waals surface area (Å²) in [5.74, 6) is 38.8. The lowest BCUT2D eigenvalue weighted by molar-refractivity contribution is -0.915. The second-order valence-corrected chi connectivity index (χ2v) is 18.1. The molecule has 332 valence electrons. The predicted molar refractivity (Wildman–Crippen MR) is 264 cm³/mol. The van der Waals surface area contributed by atoms with Gasteiger partial charge < -0.3 is 42.9 Å². The summed E-state index contributed by atoms with van der Waals surface area (Å²) in [4.78, 5) is 0. The molecule has 0 aromatic heterocycles. The fourth-order valence-corrected chi connectivity index (χ4v) is 8.69. The molecular formula is C55H74Br4N2. The van der Waals surface area contributed by atoms with Gasteiger partial charge in [-0.15, -0.1) is 25.7 Å². The van der Waals surface area contributed by atoms with Crippen molar-refractivity contribution in [3.63, 3.8) is 0 Å². The molecule has 6 heteroatoms. The molecule has 0 spiro atoms. The van der Waals surface area contributed by atoms with Crippen LogP contribution in [-0.2, 0) is 0 Å². The minimum Gasteiger partial charge on any atom is -1.00 e. The lowest BCUT2D eigenvalue weighted by Gasteiger charge is -2.41. The van der Waals surface area contributed by atoms with E-state index in [4.69, 9.17) is 25.7 Å². The minimum atomic E-state index is 0.